The Morgan fingerprint density at radius 1 is 1.33 bits per heavy atom. The summed E-state index contributed by atoms with van der Waals surface area (Å²) in [4.78, 5) is 11.6. The maximum Gasteiger partial charge on any atom is 0.193 e. The first kappa shape index (κ1) is 17.5. The molecule has 1 aliphatic carbocycles. The lowest BCUT2D eigenvalue weighted by atomic mass is 9.68. The van der Waals surface area contributed by atoms with Crippen LogP contribution in [0.2, 0.25) is 0 Å². The van der Waals surface area contributed by atoms with Crippen LogP contribution in [0.1, 0.15) is 31.4 Å². The SMILES string of the molecule is CN=C(NCCc1cn2ccccc2n1)N1CCC2(CCC2)C1.I. The Morgan fingerprint density at radius 3 is 2.88 bits per heavy atom. The summed E-state index contributed by atoms with van der Waals surface area (Å²) in [7, 11) is 1.89. The fourth-order valence-corrected chi connectivity index (χ4v) is 3.94. The minimum atomic E-state index is 0. The standard InChI is InChI=1S/C18H25N5.HI/c1-19-17(23-12-9-18(14-23)7-4-8-18)20-10-6-15-13-22-11-3-2-5-16(22)21-15;/h2-3,5,11,13H,4,6-10,12,14H2,1H3,(H,19,20);1H. The lowest BCUT2D eigenvalue weighted by Crippen LogP contribution is -2.43. The van der Waals surface area contributed by atoms with Crippen LogP contribution in [0.25, 0.3) is 5.65 Å². The van der Waals surface area contributed by atoms with Crippen LogP contribution < -0.4 is 5.32 Å². The number of hydrogen-bond acceptors (Lipinski definition) is 2. The quantitative estimate of drug-likeness (QED) is 0.455. The van der Waals surface area contributed by atoms with Crippen molar-refractivity contribution in [3.63, 3.8) is 0 Å². The van der Waals surface area contributed by atoms with Crippen molar-refractivity contribution < 1.29 is 0 Å². The number of rotatable bonds is 3. The minimum Gasteiger partial charge on any atom is -0.356 e. The number of likely N-dealkylation sites (tertiary alicyclic amines) is 1. The summed E-state index contributed by atoms with van der Waals surface area (Å²) in [5.74, 6) is 1.05. The number of nitrogens with one attached hydrogen (secondary N) is 1. The van der Waals surface area contributed by atoms with E-state index in [4.69, 9.17) is 0 Å². The summed E-state index contributed by atoms with van der Waals surface area (Å²) in [6, 6.07) is 6.09. The highest BCUT2D eigenvalue weighted by Crippen LogP contribution is 2.47. The van der Waals surface area contributed by atoms with E-state index in [1.807, 2.05) is 31.4 Å². The molecule has 0 unspecified atom stereocenters. The first-order valence-corrected chi connectivity index (χ1v) is 8.66. The number of nitrogens with zero attached hydrogens (tertiary/aromatic N) is 4. The Balaban J connectivity index is 0.00000169. The van der Waals surface area contributed by atoms with Crippen LogP contribution in [-0.2, 0) is 6.42 Å². The van der Waals surface area contributed by atoms with Crippen LogP contribution in [0, 0.1) is 5.41 Å². The van der Waals surface area contributed by atoms with E-state index < -0.39 is 0 Å². The Morgan fingerprint density at radius 2 is 2.21 bits per heavy atom. The molecule has 2 fully saturated rings. The molecule has 0 aromatic carbocycles. The van der Waals surface area contributed by atoms with Gasteiger partial charge in [0, 0.05) is 45.5 Å². The Bertz CT molecular complexity index is 686. The number of guanidine groups is 1. The molecule has 2 aromatic rings. The van der Waals surface area contributed by atoms with Crippen molar-refractivity contribution >= 4 is 35.6 Å². The van der Waals surface area contributed by atoms with Gasteiger partial charge in [-0.3, -0.25) is 4.99 Å². The molecule has 24 heavy (non-hydrogen) atoms. The fourth-order valence-electron chi connectivity index (χ4n) is 3.94. The second-order valence-corrected chi connectivity index (χ2v) is 6.95. The van der Waals surface area contributed by atoms with E-state index in [0.717, 1.165) is 36.8 Å². The van der Waals surface area contributed by atoms with E-state index in [9.17, 15) is 0 Å². The molecule has 3 heterocycles. The van der Waals surface area contributed by atoms with Gasteiger partial charge in [0.1, 0.15) is 5.65 Å². The molecule has 4 rings (SSSR count). The summed E-state index contributed by atoms with van der Waals surface area (Å²) < 4.78 is 2.07. The Labute approximate surface area is 160 Å². The van der Waals surface area contributed by atoms with Gasteiger partial charge >= 0.3 is 0 Å². The molecule has 1 saturated carbocycles. The van der Waals surface area contributed by atoms with Gasteiger partial charge in [0.05, 0.1) is 5.69 Å². The van der Waals surface area contributed by atoms with Gasteiger partial charge in [-0.1, -0.05) is 12.5 Å². The Hall–Kier alpha value is -1.31. The van der Waals surface area contributed by atoms with Crippen molar-refractivity contribution in [2.24, 2.45) is 10.4 Å². The molecular formula is C18H26IN5. The van der Waals surface area contributed by atoms with Crippen molar-refractivity contribution in [2.75, 3.05) is 26.7 Å². The number of pyridine rings is 1. The van der Waals surface area contributed by atoms with Gasteiger partial charge in [-0.2, -0.15) is 0 Å². The van der Waals surface area contributed by atoms with Crippen molar-refractivity contribution in [1.29, 1.82) is 0 Å². The minimum absolute atomic E-state index is 0. The lowest BCUT2D eigenvalue weighted by Gasteiger charge is -2.38. The van der Waals surface area contributed by atoms with Crippen LogP contribution in [0.15, 0.2) is 35.6 Å². The third kappa shape index (κ3) is 3.38. The van der Waals surface area contributed by atoms with E-state index in [2.05, 4.69) is 30.8 Å². The molecule has 2 aliphatic rings. The maximum atomic E-state index is 4.65. The summed E-state index contributed by atoms with van der Waals surface area (Å²) in [5.41, 5.74) is 2.74. The molecule has 130 valence electrons. The molecule has 1 spiro atoms. The molecule has 2 aromatic heterocycles. The zero-order valence-electron chi connectivity index (χ0n) is 14.2. The number of fused-ring (bicyclic) bond motifs is 1. The zero-order chi connectivity index (χ0) is 15.7. The topological polar surface area (TPSA) is 44.9 Å². The first-order chi connectivity index (χ1) is 11.3. The van der Waals surface area contributed by atoms with Gasteiger partial charge in [-0.05, 0) is 36.8 Å². The van der Waals surface area contributed by atoms with Gasteiger partial charge in [0.2, 0.25) is 0 Å². The second-order valence-electron chi connectivity index (χ2n) is 6.95. The highest BCUT2D eigenvalue weighted by molar-refractivity contribution is 14.0. The van der Waals surface area contributed by atoms with E-state index in [1.54, 1.807) is 0 Å². The normalized spacial score (nSPS) is 19.4. The Kier molecular flexibility index (Phi) is 5.32. The van der Waals surface area contributed by atoms with Gasteiger partial charge in [0.15, 0.2) is 5.96 Å². The van der Waals surface area contributed by atoms with Crippen molar-refractivity contribution in [3.05, 3.63) is 36.3 Å². The molecule has 5 nitrogen and oxygen atoms in total. The number of halogens is 1. The average molecular weight is 439 g/mol. The predicted octanol–water partition coefficient (Wildman–Crippen LogP) is 2.95. The molecule has 1 N–H and O–H groups in total. The lowest BCUT2D eigenvalue weighted by molar-refractivity contribution is 0.151. The van der Waals surface area contributed by atoms with Crippen LogP contribution in [-0.4, -0.2) is 46.9 Å². The van der Waals surface area contributed by atoms with E-state index in [0.29, 0.717) is 5.41 Å². The third-order valence-electron chi connectivity index (χ3n) is 5.44. The monoisotopic (exact) mass is 439 g/mol. The molecule has 0 radical (unpaired) electrons. The molecule has 0 amide bonds. The number of hydrogen-bond donors (Lipinski definition) is 1. The smallest absolute Gasteiger partial charge is 0.193 e. The molecule has 1 aliphatic heterocycles. The van der Waals surface area contributed by atoms with Gasteiger partial charge in [0.25, 0.3) is 0 Å². The maximum absolute atomic E-state index is 4.65. The van der Waals surface area contributed by atoms with Crippen molar-refractivity contribution in [2.45, 2.75) is 32.1 Å². The highest BCUT2D eigenvalue weighted by Gasteiger charge is 2.43. The van der Waals surface area contributed by atoms with Crippen LogP contribution in [0.5, 0.6) is 0 Å². The largest absolute Gasteiger partial charge is 0.356 e. The van der Waals surface area contributed by atoms with Crippen LogP contribution in [0.4, 0.5) is 0 Å². The van der Waals surface area contributed by atoms with Crippen molar-refractivity contribution in [3.8, 4) is 0 Å². The van der Waals surface area contributed by atoms with E-state index in [-0.39, 0.29) is 24.0 Å². The fraction of sp³-hybridized carbons (Fsp3) is 0.556. The molecule has 1 saturated heterocycles. The summed E-state index contributed by atoms with van der Waals surface area (Å²) >= 11 is 0. The zero-order valence-corrected chi connectivity index (χ0v) is 16.6. The van der Waals surface area contributed by atoms with Crippen LogP contribution >= 0.6 is 24.0 Å². The predicted molar refractivity (Wildman–Crippen MR) is 108 cm³/mol. The van der Waals surface area contributed by atoms with Gasteiger partial charge in [-0.15, -0.1) is 24.0 Å². The molecule has 6 heteroatoms. The number of imidazole rings is 1. The summed E-state index contributed by atoms with van der Waals surface area (Å²) in [5, 5.41) is 3.52. The second kappa shape index (κ2) is 7.29. The average Bonchev–Trinajstić information content (AvgIpc) is 3.15. The number of aliphatic imine (C=N–C) groups is 1. The third-order valence-corrected chi connectivity index (χ3v) is 5.44. The number of aromatic nitrogens is 2. The van der Waals surface area contributed by atoms with Gasteiger partial charge < -0.3 is 14.6 Å². The van der Waals surface area contributed by atoms with Crippen LogP contribution in [0.3, 0.4) is 0 Å². The summed E-state index contributed by atoms with van der Waals surface area (Å²) in [6.45, 7) is 3.20. The van der Waals surface area contributed by atoms with Gasteiger partial charge in [-0.25, -0.2) is 4.98 Å². The molecular weight excluding hydrogens is 413 g/mol. The van der Waals surface area contributed by atoms with Crippen molar-refractivity contribution in [1.82, 2.24) is 19.6 Å². The molecule has 0 bridgehead atoms. The first-order valence-electron chi connectivity index (χ1n) is 8.66. The highest BCUT2D eigenvalue weighted by atomic mass is 127. The van der Waals surface area contributed by atoms with E-state index >= 15 is 0 Å². The molecule has 0 atom stereocenters. The summed E-state index contributed by atoms with van der Waals surface area (Å²) in [6.07, 6.45) is 10.6. The van der Waals surface area contributed by atoms with E-state index in [1.165, 1.54) is 32.2 Å².